The zero-order valence-electron chi connectivity index (χ0n) is 15.2. The number of hydrogen-bond donors (Lipinski definition) is 1. The number of carbonyl (C=O) groups is 1. The molecule has 0 aliphatic carbocycles. The number of benzene rings is 2. The molecule has 2 aromatic rings. The smallest absolute Gasteiger partial charge is 0.241 e. The zero-order chi connectivity index (χ0) is 17.9. The second-order valence-electron chi connectivity index (χ2n) is 6.00. The van der Waals surface area contributed by atoms with Gasteiger partial charge < -0.3 is 15.0 Å². The van der Waals surface area contributed by atoms with Gasteiger partial charge in [0.05, 0.1) is 12.2 Å². The molecule has 2 aromatic carbocycles. The number of rotatable bonds is 10. The van der Waals surface area contributed by atoms with Crippen LogP contribution >= 0.6 is 0 Å². The minimum absolute atomic E-state index is 0.126. The summed E-state index contributed by atoms with van der Waals surface area (Å²) < 4.78 is 5.92. The van der Waals surface area contributed by atoms with Crippen molar-refractivity contribution in [3.8, 4) is 5.75 Å². The monoisotopic (exact) mass is 340 g/mol. The highest BCUT2D eigenvalue weighted by molar-refractivity contribution is 5.81. The maximum absolute atomic E-state index is 12.4. The van der Waals surface area contributed by atoms with Crippen molar-refractivity contribution in [2.45, 2.75) is 33.3 Å². The van der Waals surface area contributed by atoms with E-state index >= 15 is 0 Å². The van der Waals surface area contributed by atoms with Crippen LogP contribution in [0.2, 0.25) is 0 Å². The SMILES string of the molecule is CCCN(CCC)C(=O)CNc1ccccc1OCc1ccccc1. The molecule has 134 valence electrons. The van der Waals surface area contributed by atoms with Crippen molar-refractivity contribution in [3.05, 3.63) is 60.2 Å². The van der Waals surface area contributed by atoms with Gasteiger partial charge in [0, 0.05) is 13.1 Å². The second kappa shape index (κ2) is 10.4. The molecule has 0 aromatic heterocycles. The number of hydrogen-bond acceptors (Lipinski definition) is 3. The standard InChI is InChI=1S/C21H28N2O2/c1-3-14-23(15-4-2)21(24)16-22-19-12-8-9-13-20(19)25-17-18-10-6-5-7-11-18/h5-13,22H,3-4,14-17H2,1-2H3. The van der Waals surface area contributed by atoms with E-state index in [0.717, 1.165) is 42.9 Å². The van der Waals surface area contributed by atoms with Crippen LogP contribution in [0.25, 0.3) is 0 Å². The van der Waals surface area contributed by atoms with Crippen LogP contribution in [-0.2, 0) is 11.4 Å². The van der Waals surface area contributed by atoms with Gasteiger partial charge in [-0.25, -0.2) is 0 Å². The van der Waals surface area contributed by atoms with Crippen molar-refractivity contribution in [1.82, 2.24) is 4.90 Å². The molecule has 25 heavy (non-hydrogen) atoms. The van der Waals surface area contributed by atoms with Crippen molar-refractivity contribution in [2.75, 3.05) is 25.0 Å². The highest BCUT2D eigenvalue weighted by atomic mass is 16.5. The molecular weight excluding hydrogens is 312 g/mol. The van der Waals surface area contributed by atoms with E-state index in [0.29, 0.717) is 6.61 Å². The van der Waals surface area contributed by atoms with Crippen molar-refractivity contribution in [3.63, 3.8) is 0 Å². The average molecular weight is 340 g/mol. The van der Waals surface area contributed by atoms with Gasteiger partial charge in [-0.05, 0) is 30.5 Å². The molecule has 1 amide bonds. The lowest BCUT2D eigenvalue weighted by molar-refractivity contribution is -0.129. The van der Waals surface area contributed by atoms with Gasteiger partial charge in [0.1, 0.15) is 12.4 Å². The molecule has 2 rings (SSSR count). The first-order valence-corrected chi connectivity index (χ1v) is 9.02. The molecule has 0 aliphatic rings. The van der Waals surface area contributed by atoms with Crippen LogP contribution in [-0.4, -0.2) is 30.4 Å². The summed E-state index contributed by atoms with van der Waals surface area (Å²) in [6, 6.07) is 17.8. The van der Waals surface area contributed by atoms with E-state index in [1.165, 1.54) is 0 Å². The predicted octanol–water partition coefficient (Wildman–Crippen LogP) is 4.33. The topological polar surface area (TPSA) is 41.6 Å². The van der Waals surface area contributed by atoms with Crippen molar-refractivity contribution < 1.29 is 9.53 Å². The Morgan fingerprint density at radius 3 is 2.28 bits per heavy atom. The molecule has 1 N–H and O–H groups in total. The van der Waals surface area contributed by atoms with Crippen LogP contribution in [0.1, 0.15) is 32.3 Å². The molecule has 0 saturated heterocycles. The average Bonchev–Trinajstić information content (AvgIpc) is 2.65. The number of ether oxygens (including phenoxy) is 1. The van der Waals surface area contributed by atoms with Crippen LogP contribution < -0.4 is 10.1 Å². The number of nitrogens with zero attached hydrogens (tertiary/aromatic N) is 1. The lowest BCUT2D eigenvalue weighted by Gasteiger charge is -2.22. The van der Waals surface area contributed by atoms with E-state index in [1.54, 1.807) is 0 Å². The lowest BCUT2D eigenvalue weighted by atomic mass is 10.2. The van der Waals surface area contributed by atoms with Gasteiger partial charge in [-0.15, -0.1) is 0 Å². The number of para-hydroxylation sites is 2. The summed E-state index contributed by atoms with van der Waals surface area (Å²) in [4.78, 5) is 14.3. The van der Waals surface area contributed by atoms with E-state index < -0.39 is 0 Å². The van der Waals surface area contributed by atoms with E-state index in [1.807, 2.05) is 59.5 Å². The fourth-order valence-corrected chi connectivity index (χ4v) is 2.66. The Kier molecular flexibility index (Phi) is 7.83. The van der Waals surface area contributed by atoms with E-state index in [4.69, 9.17) is 4.74 Å². The minimum Gasteiger partial charge on any atom is -0.487 e. The quantitative estimate of drug-likeness (QED) is 0.700. The highest BCUT2D eigenvalue weighted by Crippen LogP contribution is 2.24. The number of anilines is 1. The summed E-state index contributed by atoms with van der Waals surface area (Å²) in [6.45, 7) is 6.59. The van der Waals surface area contributed by atoms with E-state index in [2.05, 4.69) is 19.2 Å². The Morgan fingerprint density at radius 1 is 0.960 bits per heavy atom. The zero-order valence-corrected chi connectivity index (χ0v) is 15.2. The molecule has 4 nitrogen and oxygen atoms in total. The second-order valence-corrected chi connectivity index (χ2v) is 6.00. The Morgan fingerprint density at radius 2 is 1.60 bits per heavy atom. The van der Waals surface area contributed by atoms with Crippen LogP contribution in [0.4, 0.5) is 5.69 Å². The molecule has 4 heteroatoms. The maximum atomic E-state index is 12.4. The summed E-state index contributed by atoms with van der Waals surface area (Å²) in [5.41, 5.74) is 1.96. The first kappa shape index (κ1) is 18.8. The Balaban J connectivity index is 1.94. The summed E-state index contributed by atoms with van der Waals surface area (Å²) in [6.07, 6.45) is 1.95. The molecule has 0 unspecified atom stereocenters. The molecular formula is C21H28N2O2. The molecule has 0 bridgehead atoms. The Bertz CT molecular complexity index is 637. The Hall–Kier alpha value is -2.49. The van der Waals surface area contributed by atoms with Gasteiger partial charge in [-0.2, -0.15) is 0 Å². The van der Waals surface area contributed by atoms with Gasteiger partial charge in [-0.1, -0.05) is 56.3 Å². The molecule has 0 spiro atoms. The molecule has 0 heterocycles. The molecule has 0 radical (unpaired) electrons. The summed E-state index contributed by atoms with van der Waals surface area (Å²) in [5.74, 6) is 0.887. The van der Waals surface area contributed by atoms with Crippen molar-refractivity contribution in [1.29, 1.82) is 0 Å². The van der Waals surface area contributed by atoms with Gasteiger partial charge in [-0.3, -0.25) is 4.79 Å². The van der Waals surface area contributed by atoms with Gasteiger partial charge in [0.2, 0.25) is 5.91 Å². The van der Waals surface area contributed by atoms with Crippen molar-refractivity contribution >= 4 is 11.6 Å². The fourth-order valence-electron chi connectivity index (χ4n) is 2.66. The summed E-state index contributed by atoms with van der Waals surface area (Å²) in [7, 11) is 0. The van der Waals surface area contributed by atoms with Gasteiger partial charge in [0.25, 0.3) is 0 Å². The Labute approximate surface area is 150 Å². The summed E-state index contributed by atoms with van der Waals surface area (Å²) >= 11 is 0. The third-order valence-electron chi connectivity index (χ3n) is 3.89. The highest BCUT2D eigenvalue weighted by Gasteiger charge is 2.12. The largest absolute Gasteiger partial charge is 0.487 e. The van der Waals surface area contributed by atoms with E-state index in [9.17, 15) is 4.79 Å². The third-order valence-corrected chi connectivity index (χ3v) is 3.89. The van der Waals surface area contributed by atoms with Crippen LogP contribution in [0.15, 0.2) is 54.6 Å². The fraction of sp³-hybridized carbons (Fsp3) is 0.381. The van der Waals surface area contributed by atoms with Crippen molar-refractivity contribution in [2.24, 2.45) is 0 Å². The first-order valence-electron chi connectivity index (χ1n) is 9.02. The van der Waals surface area contributed by atoms with Crippen LogP contribution in [0, 0.1) is 0 Å². The molecule has 0 aliphatic heterocycles. The maximum Gasteiger partial charge on any atom is 0.241 e. The van der Waals surface area contributed by atoms with Crippen LogP contribution in [0.5, 0.6) is 5.75 Å². The van der Waals surface area contributed by atoms with Crippen LogP contribution in [0.3, 0.4) is 0 Å². The predicted molar refractivity (Wildman–Crippen MR) is 103 cm³/mol. The lowest BCUT2D eigenvalue weighted by Crippen LogP contribution is -2.36. The molecule has 0 atom stereocenters. The van der Waals surface area contributed by atoms with Gasteiger partial charge >= 0.3 is 0 Å². The first-order chi connectivity index (χ1) is 12.2. The molecule has 0 saturated carbocycles. The number of amides is 1. The third kappa shape index (κ3) is 6.14. The van der Waals surface area contributed by atoms with Gasteiger partial charge in [0.15, 0.2) is 0 Å². The normalized spacial score (nSPS) is 10.3. The number of nitrogens with one attached hydrogen (secondary N) is 1. The summed E-state index contributed by atoms with van der Waals surface area (Å²) in [5, 5.41) is 3.23. The van der Waals surface area contributed by atoms with E-state index in [-0.39, 0.29) is 12.5 Å². The number of carbonyl (C=O) groups excluding carboxylic acids is 1. The minimum atomic E-state index is 0.126. The molecule has 0 fully saturated rings.